The molecule has 0 bridgehead atoms. The van der Waals surface area contributed by atoms with Gasteiger partial charge in [-0.25, -0.2) is 8.42 Å². The first-order valence-electron chi connectivity index (χ1n) is 9.81. The van der Waals surface area contributed by atoms with E-state index < -0.39 is 10.0 Å². The molecule has 8 heteroatoms. The Kier molecular flexibility index (Phi) is 5.41. The highest BCUT2D eigenvalue weighted by Crippen LogP contribution is 2.35. The molecule has 0 aliphatic carbocycles. The molecule has 0 atom stereocenters. The van der Waals surface area contributed by atoms with Crippen LogP contribution < -0.4 is 24.8 Å². The van der Waals surface area contributed by atoms with E-state index in [0.29, 0.717) is 23.6 Å². The average molecular weight is 440 g/mol. The van der Waals surface area contributed by atoms with E-state index in [4.69, 9.17) is 9.47 Å². The van der Waals surface area contributed by atoms with Crippen LogP contribution in [0.25, 0.3) is 0 Å². The van der Waals surface area contributed by atoms with Gasteiger partial charge in [-0.05, 0) is 48.9 Å². The molecule has 4 rings (SSSR count). The van der Waals surface area contributed by atoms with Gasteiger partial charge in [0.15, 0.2) is 11.5 Å². The van der Waals surface area contributed by atoms with Crippen LogP contribution in [0.3, 0.4) is 0 Å². The van der Waals surface area contributed by atoms with Crippen molar-refractivity contribution < 1.29 is 17.9 Å². The first kappa shape index (κ1) is 20.9. The molecule has 0 fully saturated rings. The molecule has 0 amide bonds. The largest absolute Gasteiger partial charge is 0.493 e. The summed E-state index contributed by atoms with van der Waals surface area (Å²) in [6.45, 7) is 2.08. The highest BCUT2D eigenvalue weighted by Gasteiger charge is 2.31. The fraction of sp³-hybridized carbons (Fsp3) is 0.217. The number of methoxy groups -OCH3 is 2. The lowest BCUT2D eigenvalue weighted by Gasteiger charge is -2.26. The number of rotatable bonds is 7. The van der Waals surface area contributed by atoms with Gasteiger partial charge in [0.1, 0.15) is 5.66 Å². The lowest BCUT2D eigenvalue weighted by atomic mass is 10.0. The predicted octanol–water partition coefficient (Wildman–Crippen LogP) is 4.30. The maximum atomic E-state index is 12.8. The topological polar surface area (TPSA) is 88.7 Å². The molecule has 31 heavy (non-hydrogen) atoms. The number of benzene rings is 3. The summed E-state index contributed by atoms with van der Waals surface area (Å²) in [5, 5.41) is 6.99. The standard InChI is InChI=1S/C23H25N3O4S/c1-23(24-19-6-4-5-7-20(19)25-23)15-16-8-11-18(12-9-16)31(27,28)26-17-10-13-21(29-2)22(14-17)30-3/h4-14,24-26H,15H2,1-3H3. The summed E-state index contributed by atoms with van der Waals surface area (Å²) in [6, 6.07) is 19.8. The molecule has 7 nitrogen and oxygen atoms in total. The molecule has 1 aliphatic rings. The maximum Gasteiger partial charge on any atom is 0.261 e. The van der Waals surface area contributed by atoms with Crippen LogP contribution >= 0.6 is 0 Å². The van der Waals surface area contributed by atoms with Gasteiger partial charge in [0.05, 0.1) is 36.2 Å². The van der Waals surface area contributed by atoms with Crippen LogP contribution in [0.1, 0.15) is 12.5 Å². The number of hydrogen-bond donors (Lipinski definition) is 3. The molecule has 0 saturated heterocycles. The summed E-state index contributed by atoms with van der Waals surface area (Å²) >= 11 is 0. The molecule has 1 aliphatic heterocycles. The highest BCUT2D eigenvalue weighted by molar-refractivity contribution is 7.92. The summed E-state index contributed by atoms with van der Waals surface area (Å²) in [4.78, 5) is 0.187. The molecule has 0 aromatic heterocycles. The van der Waals surface area contributed by atoms with Crippen LogP contribution in [-0.2, 0) is 16.4 Å². The zero-order valence-electron chi connectivity index (χ0n) is 17.6. The van der Waals surface area contributed by atoms with Gasteiger partial charge in [-0.3, -0.25) is 4.72 Å². The number of sulfonamides is 1. The molecule has 0 radical (unpaired) electrons. The Bertz CT molecular complexity index is 1170. The Balaban J connectivity index is 1.47. The first-order chi connectivity index (χ1) is 14.8. The fourth-order valence-electron chi connectivity index (χ4n) is 3.72. The van der Waals surface area contributed by atoms with E-state index in [-0.39, 0.29) is 10.6 Å². The van der Waals surface area contributed by atoms with Gasteiger partial charge >= 0.3 is 0 Å². The van der Waals surface area contributed by atoms with Gasteiger partial charge in [0.2, 0.25) is 0 Å². The first-order valence-corrected chi connectivity index (χ1v) is 11.3. The number of ether oxygens (including phenoxy) is 2. The number of nitrogens with one attached hydrogen (secondary N) is 3. The van der Waals surface area contributed by atoms with Crippen LogP contribution in [0.5, 0.6) is 11.5 Å². The molecule has 3 aromatic carbocycles. The zero-order chi connectivity index (χ0) is 22.1. The third kappa shape index (κ3) is 4.39. The van der Waals surface area contributed by atoms with Crippen LogP contribution in [0.4, 0.5) is 17.1 Å². The Morgan fingerprint density at radius 3 is 2.06 bits per heavy atom. The molecule has 162 valence electrons. The zero-order valence-corrected chi connectivity index (χ0v) is 18.4. The lowest BCUT2D eigenvalue weighted by Crippen LogP contribution is -2.40. The third-order valence-corrected chi connectivity index (χ3v) is 6.57. The van der Waals surface area contributed by atoms with Crippen molar-refractivity contribution in [1.82, 2.24) is 0 Å². The summed E-state index contributed by atoms with van der Waals surface area (Å²) in [7, 11) is -0.710. The summed E-state index contributed by atoms with van der Waals surface area (Å²) in [5.41, 5.74) is 3.18. The number of para-hydroxylation sites is 2. The van der Waals surface area contributed by atoms with Crippen molar-refractivity contribution in [2.45, 2.75) is 23.9 Å². The van der Waals surface area contributed by atoms with E-state index in [1.165, 1.54) is 14.2 Å². The van der Waals surface area contributed by atoms with Crippen molar-refractivity contribution in [1.29, 1.82) is 0 Å². The second kappa shape index (κ2) is 8.03. The Labute approximate surface area is 182 Å². The molecule has 3 N–H and O–H groups in total. The second-order valence-corrected chi connectivity index (χ2v) is 9.31. The van der Waals surface area contributed by atoms with Crippen molar-refractivity contribution >= 4 is 27.1 Å². The smallest absolute Gasteiger partial charge is 0.261 e. The van der Waals surface area contributed by atoms with E-state index in [1.54, 1.807) is 30.3 Å². The Morgan fingerprint density at radius 2 is 1.48 bits per heavy atom. The number of anilines is 3. The van der Waals surface area contributed by atoms with Crippen LogP contribution in [0.2, 0.25) is 0 Å². The van der Waals surface area contributed by atoms with E-state index in [2.05, 4.69) is 22.3 Å². The van der Waals surface area contributed by atoms with Gasteiger partial charge in [-0.1, -0.05) is 24.3 Å². The molecular weight excluding hydrogens is 414 g/mol. The lowest BCUT2D eigenvalue weighted by molar-refractivity contribution is 0.355. The number of fused-ring (bicyclic) bond motifs is 1. The molecule has 0 unspecified atom stereocenters. The monoisotopic (exact) mass is 439 g/mol. The Morgan fingerprint density at radius 1 is 0.871 bits per heavy atom. The minimum atomic E-state index is -3.74. The van der Waals surface area contributed by atoms with Gasteiger partial charge < -0.3 is 20.1 Å². The van der Waals surface area contributed by atoms with E-state index in [0.717, 1.165) is 16.9 Å². The SMILES string of the molecule is COc1ccc(NS(=O)(=O)c2ccc(CC3(C)Nc4ccccc4N3)cc2)cc1OC. The highest BCUT2D eigenvalue weighted by atomic mass is 32.2. The normalized spacial score (nSPS) is 14.2. The van der Waals surface area contributed by atoms with Crippen molar-refractivity contribution in [2.75, 3.05) is 29.6 Å². The van der Waals surface area contributed by atoms with Gasteiger partial charge in [-0.2, -0.15) is 0 Å². The van der Waals surface area contributed by atoms with E-state index in [9.17, 15) is 8.42 Å². The van der Waals surface area contributed by atoms with Crippen molar-refractivity contribution in [3.63, 3.8) is 0 Å². The molecule has 1 heterocycles. The summed E-state index contributed by atoms with van der Waals surface area (Å²) < 4.78 is 38.6. The molecular formula is C23H25N3O4S. The van der Waals surface area contributed by atoms with Gasteiger partial charge in [0.25, 0.3) is 10.0 Å². The van der Waals surface area contributed by atoms with Crippen molar-refractivity contribution in [3.05, 3.63) is 72.3 Å². The maximum absolute atomic E-state index is 12.8. The minimum absolute atomic E-state index is 0.187. The van der Waals surface area contributed by atoms with Gasteiger partial charge in [-0.15, -0.1) is 0 Å². The van der Waals surface area contributed by atoms with Crippen LogP contribution in [0.15, 0.2) is 71.6 Å². The molecule has 0 spiro atoms. The summed E-state index contributed by atoms with van der Waals surface area (Å²) in [5.74, 6) is 0.975. The number of hydrogen-bond acceptors (Lipinski definition) is 6. The van der Waals surface area contributed by atoms with Crippen molar-refractivity contribution in [2.24, 2.45) is 0 Å². The van der Waals surface area contributed by atoms with E-state index >= 15 is 0 Å². The van der Waals surface area contributed by atoms with Crippen LogP contribution in [-0.4, -0.2) is 28.3 Å². The molecule has 0 saturated carbocycles. The third-order valence-electron chi connectivity index (χ3n) is 5.18. The quantitative estimate of drug-likeness (QED) is 0.509. The average Bonchev–Trinajstić information content (AvgIpc) is 3.09. The minimum Gasteiger partial charge on any atom is -0.493 e. The van der Waals surface area contributed by atoms with Crippen molar-refractivity contribution in [3.8, 4) is 11.5 Å². The summed E-state index contributed by atoms with van der Waals surface area (Å²) in [6.07, 6.45) is 0.686. The van der Waals surface area contributed by atoms with Crippen LogP contribution in [0, 0.1) is 0 Å². The molecule has 3 aromatic rings. The van der Waals surface area contributed by atoms with Gasteiger partial charge in [0, 0.05) is 12.5 Å². The predicted molar refractivity (Wildman–Crippen MR) is 123 cm³/mol. The Hall–Kier alpha value is -3.39. The second-order valence-electron chi connectivity index (χ2n) is 7.62. The fourth-order valence-corrected chi connectivity index (χ4v) is 4.77. The van der Waals surface area contributed by atoms with E-state index in [1.807, 2.05) is 36.4 Å².